The number of rotatable bonds is 2. The van der Waals surface area contributed by atoms with Crippen molar-refractivity contribution in [2.75, 3.05) is 33.2 Å². The molecule has 1 fully saturated rings. The minimum atomic E-state index is -3.53. The topological polar surface area (TPSA) is 53.5 Å². The third-order valence-corrected chi connectivity index (χ3v) is 6.36. The fourth-order valence-corrected chi connectivity index (χ4v) is 4.36. The highest BCUT2D eigenvalue weighted by Gasteiger charge is 2.27. The quantitative estimate of drug-likeness (QED) is 0.773. The molecule has 1 saturated heterocycles. The number of piperazine rings is 1. The summed E-state index contributed by atoms with van der Waals surface area (Å²) >= 11 is 12.1. The van der Waals surface area contributed by atoms with Gasteiger partial charge in [-0.15, -0.1) is 0 Å². The highest BCUT2D eigenvalue weighted by atomic mass is 35.5. The van der Waals surface area contributed by atoms with Crippen molar-refractivity contribution in [2.45, 2.75) is 4.90 Å². The van der Waals surface area contributed by atoms with Crippen molar-refractivity contribution in [3.8, 4) is 0 Å². The van der Waals surface area contributed by atoms with Gasteiger partial charge < -0.3 is 4.90 Å². The van der Waals surface area contributed by atoms with Crippen LogP contribution in [0.2, 0.25) is 10.2 Å². The molecule has 1 aliphatic heterocycles. The largest absolute Gasteiger partial charge is 0.304 e. The summed E-state index contributed by atoms with van der Waals surface area (Å²) in [6, 6.07) is 4.79. The lowest BCUT2D eigenvalue weighted by Crippen LogP contribution is -2.46. The van der Waals surface area contributed by atoms with Crippen molar-refractivity contribution < 1.29 is 8.42 Å². The number of sulfonamides is 1. The number of pyridine rings is 1. The molecule has 1 aliphatic rings. The first-order valence-corrected chi connectivity index (χ1v) is 9.01. The zero-order chi connectivity index (χ0) is 15.9. The fraction of sp³-hybridized carbons (Fsp3) is 0.357. The zero-order valence-corrected chi connectivity index (χ0v) is 14.3. The summed E-state index contributed by atoms with van der Waals surface area (Å²) in [6.07, 6.45) is 1.46. The standard InChI is InChI=1S/C14H15Cl2N3O2S/c1-18-4-6-19(7-5-18)22(20,21)10-2-3-11-12(8-10)14(16)17-9-13(11)15/h2-3,8-9H,4-7H2,1H3. The summed E-state index contributed by atoms with van der Waals surface area (Å²) in [6.45, 7) is 2.42. The Kier molecular flexibility index (Phi) is 4.31. The Hall–Kier alpha value is -0.920. The monoisotopic (exact) mass is 359 g/mol. The normalized spacial score (nSPS) is 18.0. The maximum atomic E-state index is 12.7. The molecule has 0 atom stereocenters. The van der Waals surface area contributed by atoms with E-state index in [1.807, 2.05) is 7.05 Å². The molecule has 0 bridgehead atoms. The van der Waals surface area contributed by atoms with Crippen LogP contribution in [0.1, 0.15) is 0 Å². The summed E-state index contributed by atoms with van der Waals surface area (Å²) < 4.78 is 27.0. The second kappa shape index (κ2) is 5.94. The van der Waals surface area contributed by atoms with Crippen molar-refractivity contribution in [1.29, 1.82) is 0 Å². The number of halogens is 2. The van der Waals surface area contributed by atoms with Crippen molar-refractivity contribution in [2.24, 2.45) is 0 Å². The average molecular weight is 360 g/mol. The SMILES string of the molecule is CN1CCN(S(=O)(=O)c2ccc3c(Cl)cnc(Cl)c3c2)CC1. The molecule has 1 aromatic heterocycles. The summed E-state index contributed by atoms with van der Waals surface area (Å²) in [5.41, 5.74) is 0. The Bertz CT molecular complexity index is 818. The van der Waals surface area contributed by atoms with Crippen LogP contribution in [-0.2, 0) is 10.0 Å². The lowest BCUT2D eigenvalue weighted by atomic mass is 10.2. The van der Waals surface area contributed by atoms with Gasteiger partial charge in [-0.3, -0.25) is 0 Å². The lowest BCUT2D eigenvalue weighted by molar-refractivity contribution is 0.222. The van der Waals surface area contributed by atoms with Gasteiger partial charge in [-0.2, -0.15) is 4.31 Å². The van der Waals surface area contributed by atoms with Gasteiger partial charge >= 0.3 is 0 Å². The number of likely N-dealkylation sites (N-methyl/N-ethyl adjacent to an activating group) is 1. The first-order chi connectivity index (χ1) is 10.4. The summed E-state index contributed by atoms with van der Waals surface area (Å²) in [4.78, 5) is 6.29. The number of fused-ring (bicyclic) bond motifs is 1. The van der Waals surface area contributed by atoms with E-state index in [0.717, 1.165) is 13.1 Å². The summed E-state index contributed by atoms with van der Waals surface area (Å²) in [7, 11) is -1.55. The van der Waals surface area contributed by atoms with Crippen LogP contribution < -0.4 is 0 Å². The van der Waals surface area contributed by atoms with E-state index in [4.69, 9.17) is 23.2 Å². The Morgan fingerprint density at radius 1 is 1.09 bits per heavy atom. The molecule has 118 valence electrons. The van der Waals surface area contributed by atoms with Crippen molar-refractivity contribution in [1.82, 2.24) is 14.2 Å². The van der Waals surface area contributed by atoms with Crippen LogP contribution >= 0.6 is 23.2 Å². The number of benzene rings is 1. The third kappa shape index (κ3) is 2.81. The van der Waals surface area contributed by atoms with Gasteiger partial charge in [0.05, 0.1) is 9.92 Å². The van der Waals surface area contributed by atoms with Crippen LogP contribution in [0.15, 0.2) is 29.3 Å². The van der Waals surface area contributed by atoms with Gasteiger partial charge in [-0.25, -0.2) is 13.4 Å². The second-order valence-electron chi connectivity index (χ2n) is 5.31. The number of hydrogen-bond donors (Lipinski definition) is 0. The van der Waals surface area contributed by atoms with Gasteiger partial charge in [0.1, 0.15) is 5.15 Å². The molecule has 0 N–H and O–H groups in total. The molecule has 0 unspecified atom stereocenters. The highest BCUT2D eigenvalue weighted by molar-refractivity contribution is 7.89. The van der Waals surface area contributed by atoms with E-state index in [2.05, 4.69) is 9.88 Å². The van der Waals surface area contributed by atoms with Crippen LogP contribution in [0.25, 0.3) is 10.8 Å². The molecule has 3 rings (SSSR count). The molecule has 0 aliphatic carbocycles. The molecule has 5 nitrogen and oxygen atoms in total. The van der Waals surface area contributed by atoms with Crippen LogP contribution in [0.5, 0.6) is 0 Å². The number of aromatic nitrogens is 1. The lowest BCUT2D eigenvalue weighted by Gasteiger charge is -2.31. The molecule has 2 heterocycles. The van der Waals surface area contributed by atoms with Crippen LogP contribution in [0.3, 0.4) is 0 Å². The van der Waals surface area contributed by atoms with E-state index in [-0.39, 0.29) is 10.0 Å². The number of hydrogen-bond acceptors (Lipinski definition) is 4. The molecule has 1 aromatic carbocycles. The van der Waals surface area contributed by atoms with E-state index in [0.29, 0.717) is 28.9 Å². The third-order valence-electron chi connectivity index (χ3n) is 3.86. The Balaban J connectivity index is 2.04. The van der Waals surface area contributed by atoms with Crippen LogP contribution in [0.4, 0.5) is 0 Å². The first kappa shape index (κ1) is 16.0. The second-order valence-corrected chi connectivity index (χ2v) is 8.01. The van der Waals surface area contributed by atoms with Gasteiger partial charge in [0, 0.05) is 43.1 Å². The van der Waals surface area contributed by atoms with Gasteiger partial charge in [-0.1, -0.05) is 29.3 Å². The van der Waals surface area contributed by atoms with Crippen molar-refractivity contribution in [3.63, 3.8) is 0 Å². The minimum Gasteiger partial charge on any atom is -0.304 e. The van der Waals surface area contributed by atoms with Gasteiger partial charge in [0.25, 0.3) is 0 Å². The Morgan fingerprint density at radius 3 is 2.45 bits per heavy atom. The van der Waals surface area contributed by atoms with Crippen molar-refractivity contribution >= 4 is 44.0 Å². The molecule has 0 spiro atoms. The van der Waals surface area contributed by atoms with E-state index in [1.165, 1.54) is 10.5 Å². The van der Waals surface area contributed by atoms with E-state index in [9.17, 15) is 8.42 Å². The maximum absolute atomic E-state index is 12.7. The predicted octanol–water partition coefficient (Wildman–Crippen LogP) is 2.48. The Labute approximate surface area is 139 Å². The molecular weight excluding hydrogens is 345 g/mol. The minimum absolute atomic E-state index is 0.218. The van der Waals surface area contributed by atoms with Gasteiger partial charge in [-0.05, 0) is 19.2 Å². The maximum Gasteiger partial charge on any atom is 0.243 e. The predicted molar refractivity (Wildman–Crippen MR) is 88.0 cm³/mol. The molecule has 0 amide bonds. The van der Waals surface area contributed by atoms with Crippen LogP contribution in [-0.4, -0.2) is 55.8 Å². The van der Waals surface area contributed by atoms with E-state index in [1.54, 1.807) is 18.2 Å². The summed E-state index contributed by atoms with van der Waals surface area (Å²) in [5.74, 6) is 0. The van der Waals surface area contributed by atoms with Crippen LogP contribution in [0, 0.1) is 0 Å². The molecule has 0 saturated carbocycles. The molecule has 0 radical (unpaired) electrons. The highest BCUT2D eigenvalue weighted by Crippen LogP contribution is 2.30. The average Bonchev–Trinajstić information content (AvgIpc) is 2.51. The Morgan fingerprint density at radius 2 is 1.77 bits per heavy atom. The number of nitrogens with zero attached hydrogens (tertiary/aromatic N) is 3. The van der Waals surface area contributed by atoms with E-state index < -0.39 is 10.0 Å². The molecule has 2 aromatic rings. The van der Waals surface area contributed by atoms with Gasteiger partial charge in [0.2, 0.25) is 10.0 Å². The fourth-order valence-electron chi connectivity index (χ4n) is 2.49. The summed E-state index contributed by atoms with van der Waals surface area (Å²) in [5, 5.41) is 1.93. The molecule has 22 heavy (non-hydrogen) atoms. The zero-order valence-electron chi connectivity index (χ0n) is 12.0. The van der Waals surface area contributed by atoms with Gasteiger partial charge in [0.15, 0.2) is 0 Å². The van der Waals surface area contributed by atoms with E-state index >= 15 is 0 Å². The van der Waals surface area contributed by atoms with Crippen molar-refractivity contribution in [3.05, 3.63) is 34.6 Å². The molecule has 8 heteroatoms. The molecular formula is C14H15Cl2N3O2S. The first-order valence-electron chi connectivity index (χ1n) is 6.82. The smallest absolute Gasteiger partial charge is 0.243 e.